The molecule has 0 aliphatic carbocycles. The van der Waals surface area contributed by atoms with Crippen LogP contribution in [0, 0.1) is 6.92 Å². The Bertz CT molecular complexity index is 751. The number of hydrogen-bond acceptors (Lipinski definition) is 5. The molecule has 1 aromatic heterocycles. The molecule has 0 fully saturated rings. The summed E-state index contributed by atoms with van der Waals surface area (Å²) in [5.74, 6) is 1.92. The second-order valence-corrected chi connectivity index (χ2v) is 4.90. The first kappa shape index (κ1) is 14.1. The fourth-order valence-corrected chi connectivity index (χ4v) is 2.13. The van der Waals surface area contributed by atoms with Gasteiger partial charge in [0.05, 0.1) is 13.7 Å². The maximum atomic E-state index is 5.71. The van der Waals surface area contributed by atoms with Crippen LogP contribution in [0.25, 0.3) is 11.5 Å². The van der Waals surface area contributed by atoms with Gasteiger partial charge in [-0.25, -0.2) is 0 Å². The van der Waals surface area contributed by atoms with Crippen LogP contribution in [-0.2, 0) is 6.54 Å². The lowest BCUT2D eigenvalue weighted by Crippen LogP contribution is -1.99. The summed E-state index contributed by atoms with van der Waals surface area (Å²) in [6.07, 6.45) is 0. The highest BCUT2D eigenvalue weighted by Crippen LogP contribution is 2.22. The average Bonchev–Trinajstić information content (AvgIpc) is 3.02. The maximum absolute atomic E-state index is 5.71. The first-order valence-corrected chi connectivity index (χ1v) is 7.02. The Labute approximate surface area is 129 Å². The lowest BCUT2D eigenvalue weighted by Gasteiger charge is -2.04. The van der Waals surface area contributed by atoms with Gasteiger partial charge in [-0.1, -0.05) is 18.2 Å². The number of aryl methyl sites for hydroxylation is 1. The second-order valence-electron chi connectivity index (χ2n) is 4.90. The predicted octanol–water partition coefficient (Wildman–Crippen LogP) is 3.67. The number of rotatable bonds is 5. The summed E-state index contributed by atoms with van der Waals surface area (Å²) in [6.45, 7) is 2.50. The van der Waals surface area contributed by atoms with Crippen molar-refractivity contribution in [1.82, 2.24) is 10.2 Å². The number of aromatic nitrogens is 2. The molecule has 0 unspecified atom stereocenters. The summed E-state index contributed by atoms with van der Waals surface area (Å²) in [6, 6.07) is 15.6. The number of benzene rings is 2. The van der Waals surface area contributed by atoms with E-state index in [0.717, 1.165) is 22.6 Å². The Hall–Kier alpha value is -2.82. The Morgan fingerprint density at radius 3 is 2.55 bits per heavy atom. The van der Waals surface area contributed by atoms with Crippen LogP contribution in [0.2, 0.25) is 0 Å². The number of methoxy groups -OCH3 is 1. The second kappa shape index (κ2) is 6.30. The van der Waals surface area contributed by atoms with Crippen LogP contribution in [0.3, 0.4) is 0 Å². The molecule has 0 radical (unpaired) electrons. The van der Waals surface area contributed by atoms with Gasteiger partial charge in [-0.05, 0) is 42.8 Å². The molecule has 0 aliphatic heterocycles. The van der Waals surface area contributed by atoms with Crippen molar-refractivity contribution in [1.29, 1.82) is 0 Å². The van der Waals surface area contributed by atoms with Crippen LogP contribution in [-0.4, -0.2) is 17.3 Å². The van der Waals surface area contributed by atoms with E-state index >= 15 is 0 Å². The zero-order valence-electron chi connectivity index (χ0n) is 12.5. The molecule has 5 nitrogen and oxygen atoms in total. The van der Waals surface area contributed by atoms with Crippen molar-refractivity contribution in [3.05, 3.63) is 60.0 Å². The van der Waals surface area contributed by atoms with Crippen molar-refractivity contribution in [3.8, 4) is 17.2 Å². The van der Waals surface area contributed by atoms with Gasteiger partial charge in [-0.3, -0.25) is 0 Å². The summed E-state index contributed by atoms with van der Waals surface area (Å²) in [5, 5.41) is 11.4. The zero-order chi connectivity index (χ0) is 15.4. The molecule has 2 aromatic carbocycles. The molecule has 3 rings (SSSR count). The van der Waals surface area contributed by atoms with Crippen molar-refractivity contribution in [2.75, 3.05) is 12.4 Å². The molecule has 0 aliphatic rings. The third kappa shape index (κ3) is 3.09. The van der Waals surface area contributed by atoms with E-state index in [0.29, 0.717) is 18.3 Å². The van der Waals surface area contributed by atoms with Gasteiger partial charge in [0.2, 0.25) is 11.8 Å². The van der Waals surface area contributed by atoms with Crippen molar-refractivity contribution in [2.45, 2.75) is 13.5 Å². The largest absolute Gasteiger partial charge is 0.497 e. The smallest absolute Gasteiger partial charge is 0.248 e. The molecule has 3 aromatic rings. The van der Waals surface area contributed by atoms with Crippen LogP contribution >= 0.6 is 0 Å². The highest BCUT2D eigenvalue weighted by Gasteiger charge is 2.10. The molecular formula is C17H17N3O2. The van der Waals surface area contributed by atoms with E-state index in [1.165, 1.54) is 0 Å². The highest BCUT2D eigenvalue weighted by molar-refractivity contribution is 5.57. The van der Waals surface area contributed by atoms with Gasteiger partial charge in [-0.2, -0.15) is 0 Å². The van der Waals surface area contributed by atoms with E-state index in [2.05, 4.69) is 15.5 Å². The van der Waals surface area contributed by atoms with Gasteiger partial charge in [-0.15, -0.1) is 10.2 Å². The van der Waals surface area contributed by atoms with Crippen LogP contribution in [0.15, 0.2) is 52.9 Å². The fourth-order valence-electron chi connectivity index (χ4n) is 2.13. The summed E-state index contributed by atoms with van der Waals surface area (Å²) >= 11 is 0. The molecule has 112 valence electrons. The van der Waals surface area contributed by atoms with E-state index < -0.39 is 0 Å². The molecule has 1 N–H and O–H groups in total. The van der Waals surface area contributed by atoms with Crippen LogP contribution < -0.4 is 10.1 Å². The lowest BCUT2D eigenvalue weighted by molar-refractivity contribution is 0.415. The number of ether oxygens (including phenoxy) is 1. The standard InChI is InChI=1S/C17H17N3O2/c1-12-5-3-4-6-15(12)17-20-19-16(22-17)11-18-13-7-9-14(21-2)10-8-13/h3-10,18H,11H2,1-2H3. The molecule has 1 heterocycles. The van der Waals surface area contributed by atoms with Crippen molar-refractivity contribution < 1.29 is 9.15 Å². The molecule has 0 saturated carbocycles. The van der Waals surface area contributed by atoms with Crippen molar-refractivity contribution in [3.63, 3.8) is 0 Å². The summed E-state index contributed by atoms with van der Waals surface area (Å²) in [7, 11) is 1.65. The van der Waals surface area contributed by atoms with E-state index in [-0.39, 0.29) is 0 Å². The van der Waals surface area contributed by atoms with Crippen LogP contribution in [0.1, 0.15) is 11.5 Å². The SMILES string of the molecule is COc1ccc(NCc2nnc(-c3ccccc3C)o2)cc1. The van der Waals surface area contributed by atoms with Gasteiger partial charge < -0.3 is 14.5 Å². The molecule has 0 spiro atoms. The minimum atomic E-state index is 0.477. The normalized spacial score (nSPS) is 10.5. The van der Waals surface area contributed by atoms with E-state index in [1.807, 2.05) is 55.5 Å². The zero-order valence-corrected chi connectivity index (χ0v) is 12.5. The molecule has 0 saturated heterocycles. The van der Waals surface area contributed by atoms with E-state index in [1.54, 1.807) is 7.11 Å². The van der Waals surface area contributed by atoms with E-state index in [9.17, 15) is 0 Å². The average molecular weight is 295 g/mol. The third-order valence-corrected chi connectivity index (χ3v) is 3.38. The molecule has 0 amide bonds. The van der Waals surface area contributed by atoms with Crippen LogP contribution in [0.4, 0.5) is 5.69 Å². The van der Waals surface area contributed by atoms with Crippen molar-refractivity contribution >= 4 is 5.69 Å². The van der Waals surface area contributed by atoms with Gasteiger partial charge in [0.15, 0.2) is 0 Å². The Morgan fingerprint density at radius 1 is 1.05 bits per heavy atom. The number of nitrogens with one attached hydrogen (secondary N) is 1. The first-order valence-electron chi connectivity index (χ1n) is 7.02. The molecule has 0 bridgehead atoms. The van der Waals surface area contributed by atoms with Crippen molar-refractivity contribution in [2.24, 2.45) is 0 Å². The predicted molar refractivity (Wildman–Crippen MR) is 84.8 cm³/mol. The maximum Gasteiger partial charge on any atom is 0.248 e. The third-order valence-electron chi connectivity index (χ3n) is 3.38. The van der Waals surface area contributed by atoms with Gasteiger partial charge in [0.25, 0.3) is 0 Å². The summed E-state index contributed by atoms with van der Waals surface area (Å²) in [5.41, 5.74) is 3.04. The van der Waals surface area contributed by atoms with Gasteiger partial charge in [0, 0.05) is 11.3 Å². The Kier molecular flexibility index (Phi) is 4.05. The topological polar surface area (TPSA) is 60.2 Å². The minimum absolute atomic E-state index is 0.477. The number of hydrogen-bond donors (Lipinski definition) is 1. The molecule has 5 heteroatoms. The lowest BCUT2D eigenvalue weighted by atomic mass is 10.1. The van der Waals surface area contributed by atoms with Crippen LogP contribution in [0.5, 0.6) is 5.75 Å². The van der Waals surface area contributed by atoms with Gasteiger partial charge in [0.1, 0.15) is 5.75 Å². The monoisotopic (exact) mass is 295 g/mol. The van der Waals surface area contributed by atoms with E-state index in [4.69, 9.17) is 9.15 Å². The Balaban J connectivity index is 1.68. The molecule has 0 atom stereocenters. The molecular weight excluding hydrogens is 278 g/mol. The quantitative estimate of drug-likeness (QED) is 0.778. The minimum Gasteiger partial charge on any atom is -0.497 e. The Morgan fingerprint density at radius 2 is 1.82 bits per heavy atom. The highest BCUT2D eigenvalue weighted by atomic mass is 16.5. The number of anilines is 1. The van der Waals surface area contributed by atoms with Gasteiger partial charge >= 0.3 is 0 Å². The fraction of sp³-hybridized carbons (Fsp3) is 0.176. The summed E-state index contributed by atoms with van der Waals surface area (Å²) < 4.78 is 10.8. The number of nitrogens with zero attached hydrogens (tertiary/aromatic N) is 2. The molecule has 22 heavy (non-hydrogen) atoms. The first-order chi connectivity index (χ1) is 10.8. The summed E-state index contributed by atoms with van der Waals surface area (Å²) in [4.78, 5) is 0.